The number of carbonyl (C=O) groups is 2. The molecule has 0 saturated carbocycles. The number of imide groups is 1. The number of fused-ring (bicyclic) bond motifs is 3. The molecule has 0 aliphatic carbocycles. The van der Waals surface area contributed by atoms with Gasteiger partial charge in [0, 0.05) is 25.6 Å². The molecule has 3 heterocycles. The van der Waals surface area contributed by atoms with Gasteiger partial charge in [-0.25, -0.2) is 9.79 Å². The summed E-state index contributed by atoms with van der Waals surface area (Å²) in [5, 5.41) is 0. The van der Waals surface area contributed by atoms with Crippen molar-refractivity contribution in [3.8, 4) is 5.75 Å². The zero-order valence-electron chi connectivity index (χ0n) is 18.2. The van der Waals surface area contributed by atoms with Gasteiger partial charge in [0.1, 0.15) is 5.75 Å². The van der Waals surface area contributed by atoms with Crippen molar-refractivity contribution in [2.45, 2.75) is 33.0 Å². The van der Waals surface area contributed by atoms with Gasteiger partial charge >= 0.3 is 6.03 Å². The van der Waals surface area contributed by atoms with E-state index in [0.717, 1.165) is 22.6 Å². The Labute approximate surface area is 176 Å². The standard InChI is InChI=1S/C21H27N5O4/c1-12-7-8-16(30-6)15(11-12)25-13(2)14(3)26-17-18(22-20(25)26)23(4)21(28)24(19(17)27)9-10-29-5/h7-8,11,17-18H,9-10H2,1-6H3. The average molecular weight is 413 g/mol. The molecule has 30 heavy (non-hydrogen) atoms. The number of hydrogen-bond donors (Lipinski definition) is 0. The molecule has 2 unspecified atom stereocenters. The Morgan fingerprint density at radius 3 is 2.50 bits per heavy atom. The number of urea groups is 1. The number of anilines is 1. The SMILES string of the molecule is COCCN1C(=O)C2C(N=C3N(c4cc(C)ccc4OC)C(C)=C(C)N32)N(C)C1=O. The number of allylic oxidation sites excluding steroid dienone is 2. The van der Waals surface area contributed by atoms with E-state index in [1.54, 1.807) is 21.3 Å². The van der Waals surface area contributed by atoms with Crippen molar-refractivity contribution < 1.29 is 19.1 Å². The fourth-order valence-electron chi connectivity index (χ4n) is 4.26. The lowest BCUT2D eigenvalue weighted by Crippen LogP contribution is -2.65. The minimum Gasteiger partial charge on any atom is -0.495 e. The molecule has 2 atom stereocenters. The first-order chi connectivity index (χ1) is 14.3. The second-order valence-corrected chi connectivity index (χ2v) is 7.72. The van der Waals surface area contributed by atoms with Gasteiger partial charge in [0.05, 0.1) is 25.9 Å². The molecule has 1 saturated heterocycles. The number of benzene rings is 1. The van der Waals surface area contributed by atoms with E-state index < -0.39 is 12.2 Å². The fourth-order valence-corrected chi connectivity index (χ4v) is 4.26. The van der Waals surface area contributed by atoms with Gasteiger partial charge in [-0.3, -0.25) is 19.5 Å². The molecule has 0 spiro atoms. The molecule has 3 amide bonds. The van der Waals surface area contributed by atoms with Crippen molar-refractivity contribution in [3.05, 3.63) is 35.2 Å². The van der Waals surface area contributed by atoms with Crippen molar-refractivity contribution in [1.82, 2.24) is 14.7 Å². The van der Waals surface area contributed by atoms with Crippen LogP contribution < -0.4 is 9.64 Å². The largest absolute Gasteiger partial charge is 0.495 e. The molecule has 9 nitrogen and oxygen atoms in total. The van der Waals surface area contributed by atoms with E-state index >= 15 is 0 Å². The van der Waals surface area contributed by atoms with E-state index in [9.17, 15) is 9.59 Å². The van der Waals surface area contributed by atoms with Gasteiger partial charge in [-0.1, -0.05) is 6.07 Å². The number of ether oxygens (including phenoxy) is 2. The predicted molar refractivity (Wildman–Crippen MR) is 112 cm³/mol. The molecular weight excluding hydrogens is 386 g/mol. The summed E-state index contributed by atoms with van der Waals surface area (Å²) in [5.74, 6) is 1.08. The van der Waals surface area contributed by atoms with Crippen LogP contribution in [-0.4, -0.2) is 79.2 Å². The highest BCUT2D eigenvalue weighted by atomic mass is 16.5. The number of guanidine groups is 1. The van der Waals surface area contributed by atoms with Crippen molar-refractivity contribution >= 4 is 23.6 Å². The van der Waals surface area contributed by atoms with Crippen LogP contribution in [0.15, 0.2) is 34.6 Å². The Kier molecular flexibility index (Phi) is 4.93. The van der Waals surface area contributed by atoms with E-state index in [1.807, 2.05) is 48.8 Å². The topological polar surface area (TPSA) is 77.9 Å². The first-order valence-electron chi connectivity index (χ1n) is 9.88. The molecule has 1 aromatic carbocycles. The predicted octanol–water partition coefficient (Wildman–Crippen LogP) is 1.98. The van der Waals surface area contributed by atoms with Gasteiger partial charge < -0.3 is 14.4 Å². The summed E-state index contributed by atoms with van der Waals surface area (Å²) < 4.78 is 10.7. The zero-order chi connectivity index (χ0) is 21.7. The highest BCUT2D eigenvalue weighted by Gasteiger charge is 2.56. The molecule has 3 aliphatic rings. The second-order valence-electron chi connectivity index (χ2n) is 7.72. The van der Waals surface area contributed by atoms with Crippen molar-refractivity contribution in [1.29, 1.82) is 0 Å². The van der Waals surface area contributed by atoms with E-state index in [4.69, 9.17) is 14.5 Å². The van der Waals surface area contributed by atoms with Crippen LogP contribution in [0.2, 0.25) is 0 Å². The number of aryl methyl sites for hydroxylation is 1. The maximum atomic E-state index is 13.3. The minimum atomic E-state index is -0.602. The fraction of sp³-hybridized carbons (Fsp3) is 0.476. The van der Waals surface area contributed by atoms with Crippen LogP contribution in [0.25, 0.3) is 0 Å². The number of methoxy groups -OCH3 is 2. The lowest BCUT2D eigenvalue weighted by molar-refractivity contribution is -0.137. The normalized spacial score (nSPS) is 23.3. The van der Waals surface area contributed by atoms with Crippen LogP contribution >= 0.6 is 0 Å². The van der Waals surface area contributed by atoms with Gasteiger partial charge in [0.25, 0.3) is 5.91 Å². The Bertz CT molecular complexity index is 972. The van der Waals surface area contributed by atoms with Crippen LogP contribution in [0.3, 0.4) is 0 Å². The highest BCUT2D eigenvalue weighted by molar-refractivity contribution is 6.11. The number of aliphatic imine (C=N–C) groups is 1. The van der Waals surface area contributed by atoms with Gasteiger partial charge in [0.2, 0.25) is 5.96 Å². The number of hydrogen-bond acceptors (Lipinski definition) is 7. The summed E-state index contributed by atoms with van der Waals surface area (Å²) in [6, 6.07) is 4.98. The number of rotatable bonds is 5. The molecule has 0 aromatic heterocycles. The lowest BCUT2D eigenvalue weighted by atomic mass is 10.1. The van der Waals surface area contributed by atoms with Crippen LogP contribution in [-0.2, 0) is 9.53 Å². The molecule has 0 N–H and O–H groups in total. The van der Waals surface area contributed by atoms with E-state index in [2.05, 4.69) is 0 Å². The number of carbonyl (C=O) groups excluding carboxylic acids is 2. The van der Waals surface area contributed by atoms with Gasteiger partial charge in [-0.05, 0) is 38.5 Å². The Morgan fingerprint density at radius 2 is 1.83 bits per heavy atom. The van der Waals surface area contributed by atoms with Crippen LogP contribution in [0.5, 0.6) is 5.75 Å². The summed E-state index contributed by atoms with van der Waals surface area (Å²) in [5.41, 5.74) is 3.83. The highest BCUT2D eigenvalue weighted by Crippen LogP contribution is 2.42. The third kappa shape index (κ3) is 2.76. The monoisotopic (exact) mass is 413 g/mol. The lowest BCUT2D eigenvalue weighted by Gasteiger charge is -2.40. The number of nitrogens with zero attached hydrogens (tertiary/aromatic N) is 5. The van der Waals surface area contributed by atoms with E-state index in [0.29, 0.717) is 11.7 Å². The van der Waals surface area contributed by atoms with Crippen LogP contribution in [0, 0.1) is 6.92 Å². The van der Waals surface area contributed by atoms with Crippen molar-refractivity contribution in [2.24, 2.45) is 4.99 Å². The van der Waals surface area contributed by atoms with Gasteiger partial charge in [-0.2, -0.15) is 0 Å². The first-order valence-corrected chi connectivity index (χ1v) is 9.88. The minimum absolute atomic E-state index is 0.210. The Balaban J connectivity index is 1.78. The smallest absolute Gasteiger partial charge is 0.328 e. The van der Waals surface area contributed by atoms with Crippen molar-refractivity contribution in [2.75, 3.05) is 39.3 Å². The third-order valence-electron chi connectivity index (χ3n) is 5.99. The molecule has 1 fully saturated rings. The van der Waals surface area contributed by atoms with Gasteiger partial charge in [0.15, 0.2) is 12.2 Å². The summed E-state index contributed by atoms with van der Waals surface area (Å²) in [4.78, 5) is 37.7. The Morgan fingerprint density at radius 1 is 1.10 bits per heavy atom. The molecular formula is C21H27N5O4. The first kappa shape index (κ1) is 20.2. The number of likely N-dealkylation sites (N-methyl/N-ethyl adjacent to an activating group) is 1. The third-order valence-corrected chi connectivity index (χ3v) is 5.99. The quantitative estimate of drug-likeness (QED) is 0.735. The zero-order valence-corrected chi connectivity index (χ0v) is 18.2. The molecule has 3 aliphatic heterocycles. The average Bonchev–Trinajstić information content (AvgIpc) is 3.22. The maximum absolute atomic E-state index is 13.3. The maximum Gasteiger partial charge on any atom is 0.328 e. The summed E-state index contributed by atoms with van der Waals surface area (Å²) in [6.07, 6.45) is -0.583. The molecule has 1 aromatic rings. The molecule has 0 bridgehead atoms. The molecule has 4 rings (SSSR count). The van der Waals surface area contributed by atoms with Crippen molar-refractivity contribution in [3.63, 3.8) is 0 Å². The van der Waals surface area contributed by atoms with Crippen LogP contribution in [0.1, 0.15) is 19.4 Å². The second kappa shape index (κ2) is 7.32. The summed E-state index contributed by atoms with van der Waals surface area (Å²) in [7, 11) is 4.86. The summed E-state index contributed by atoms with van der Waals surface area (Å²) >= 11 is 0. The number of amides is 3. The molecule has 9 heteroatoms. The van der Waals surface area contributed by atoms with Crippen LogP contribution in [0.4, 0.5) is 10.5 Å². The molecule has 0 radical (unpaired) electrons. The van der Waals surface area contributed by atoms with E-state index in [-0.39, 0.29) is 25.1 Å². The van der Waals surface area contributed by atoms with E-state index in [1.165, 1.54) is 9.80 Å². The van der Waals surface area contributed by atoms with Gasteiger partial charge in [-0.15, -0.1) is 0 Å². The Hall–Kier alpha value is -3.07. The summed E-state index contributed by atoms with van der Waals surface area (Å²) in [6.45, 7) is 6.48. The molecule has 160 valence electrons.